The van der Waals surface area contributed by atoms with Crippen molar-refractivity contribution < 1.29 is 0 Å². The van der Waals surface area contributed by atoms with Gasteiger partial charge < -0.3 is 10.3 Å². The van der Waals surface area contributed by atoms with Crippen LogP contribution in [0, 0.1) is 12.8 Å². The maximum atomic E-state index is 6.03. The molecule has 14 heavy (non-hydrogen) atoms. The zero-order valence-electron chi connectivity index (χ0n) is 8.46. The predicted octanol–water partition coefficient (Wildman–Crippen LogP) is 1.76. The Morgan fingerprint density at radius 3 is 3.14 bits per heavy atom. The molecule has 78 valence electrons. The topological polar surface area (TPSA) is 43.8 Å². The van der Waals surface area contributed by atoms with Gasteiger partial charge in [0.2, 0.25) is 0 Å². The second-order valence-corrected chi connectivity index (χ2v) is 4.35. The fraction of sp³-hybridized carbons (Fsp3) is 0.700. The average Bonchev–Trinajstić information content (AvgIpc) is 2.43. The lowest BCUT2D eigenvalue weighted by Gasteiger charge is -2.24. The van der Waals surface area contributed by atoms with E-state index < -0.39 is 0 Å². The minimum Gasteiger partial charge on any atom is -0.331 e. The van der Waals surface area contributed by atoms with Gasteiger partial charge in [0.25, 0.3) is 0 Å². The molecule has 0 bridgehead atoms. The van der Waals surface area contributed by atoms with Crippen LogP contribution < -0.4 is 5.73 Å². The second-order valence-electron chi connectivity index (χ2n) is 3.99. The third-order valence-electron chi connectivity index (χ3n) is 3.02. The number of halogens is 1. The van der Waals surface area contributed by atoms with E-state index in [1.54, 1.807) is 0 Å². The average molecular weight is 214 g/mol. The van der Waals surface area contributed by atoms with E-state index in [-0.39, 0.29) is 0 Å². The minimum absolute atomic E-state index is 0.689. The van der Waals surface area contributed by atoms with Gasteiger partial charge in [-0.3, -0.25) is 0 Å². The molecular weight excluding hydrogens is 198 g/mol. The number of nitrogens with two attached hydrogens (primary N) is 1. The number of hydrogen-bond donors (Lipinski definition) is 1. The lowest BCUT2D eigenvalue weighted by atomic mass is 9.95. The Hall–Kier alpha value is -0.540. The summed E-state index contributed by atoms with van der Waals surface area (Å²) in [6.45, 7) is 3.83. The fourth-order valence-electron chi connectivity index (χ4n) is 2.22. The van der Waals surface area contributed by atoms with Crippen molar-refractivity contribution in [2.24, 2.45) is 11.7 Å². The molecule has 4 heteroatoms. The van der Waals surface area contributed by atoms with Crippen LogP contribution in [0.5, 0.6) is 0 Å². The van der Waals surface area contributed by atoms with Crippen LogP contribution in [0.2, 0.25) is 5.15 Å². The molecule has 1 atom stereocenters. The molecule has 1 unspecified atom stereocenters. The van der Waals surface area contributed by atoms with Crippen LogP contribution in [0.1, 0.15) is 24.4 Å². The summed E-state index contributed by atoms with van der Waals surface area (Å²) in [6, 6.07) is 0. The SMILES string of the molecule is Cc1nc(Cl)c2n1CC(CCN)CC2. The molecule has 1 aromatic rings. The van der Waals surface area contributed by atoms with Gasteiger partial charge in [-0.1, -0.05) is 11.6 Å². The van der Waals surface area contributed by atoms with Gasteiger partial charge in [0, 0.05) is 6.54 Å². The molecule has 3 nitrogen and oxygen atoms in total. The van der Waals surface area contributed by atoms with Gasteiger partial charge in [0.15, 0.2) is 5.15 Å². The van der Waals surface area contributed by atoms with Crippen molar-refractivity contribution in [3.05, 3.63) is 16.7 Å². The van der Waals surface area contributed by atoms with Crippen molar-refractivity contribution in [3.8, 4) is 0 Å². The first kappa shape index (κ1) is 9.99. The lowest BCUT2D eigenvalue weighted by Crippen LogP contribution is -2.23. The van der Waals surface area contributed by atoms with Crippen LogP contribution in [0.3, 0.4) is 0 Å². The van der Waals surface area contributed by atoms with E-state index in [4.69, 9.17) is 17.3 Å². The van der Waals surface area contributed by atoms with Gasteiger partial charge >= 0.3 is 0 Å². The van der Waals surface area contributed by atoms with Crippen LogP contribution in [0.15, 0.2) is 0 Å². The first-order valence-electron chi connectivity index (χ1n) is 5.14. The van der Waals surface area contributed by atoms with Crippen LogP contribution in [-0.2, 0) is 13.0 Å². The van der Waals surface area contributed by atoms with Gasteiger partial charge in [-0.25, -0.2) is 4.98 Å². The number of hydrogen-bond acceptors (Lipinski definition) is 2. The van der Waals surface area contributed by atoms with E-state index in [1.165, 1.54) is 12.1 Å². The second kappa shape index (κ2) is 3.91. The summed E-state index contributed by atoms with van der Waals surface area (Å²) < 4.78 is 2.24. The summed E-state index contributed by atoms with van der Waals surface area (Å²) in [6.07, 6.45) is 3.35. The molecule has 0 spiro atoms. The molecule has 0 fully saturated rings. The van der Waals surface area contributed by atoms with Gasteiger partial charge in [0.1, 0.15) is 5.82 Å². The van der Waals surface area contributed by atoms with Crippen LogP contribution in [0.4, 0.5) is 0 Å². The molecule has 0 aromatic carbocycles. The number of rotatable bonds is 2. The molecule has 0 aliphatic carbocycles. The molecular formula is C10H16ClN3. The molecule has 2 heterocycles. The smallest absolute Gasteiger partial charge is 0.150 e. The van der Waals surface area contributed by atoms with Gasteiger partial charge in [-0.2, -0.15) is 0 Å². The maximum absolute atomic E-state index is 6.03. The summed E-state index contributed by atoms with van der Waals surface area (Å²) in [4.78, 5) is 4.28. The third kappa shape index (κ3) is 1.66. The van der Waals surface area contributed by atoms with Crippen LogP contribution >= 0.6 is 11.6 Å². The summed E-state index contributed by atoms with van der Waals surface area (Å²) in [5.74, 6) is 1.74. The molecule has 0 saturated heterocycles. The number of aromatic nitrogens is 2. The van der Waals surface area contributed by atoms with E-state index in [2.05, 4.69) is 9.55 Å². The molecule has 0 saturated carbocycles. The minimum atomic E-state index is 0.689. The fourth-order valence-corrected chi connectivity index (χ4v) is 2.53. The van der Waals surface area contributed by atoms with Crippen molar-refractivity contribution in [2.45, 2.75) is 32.7 Å². The molecule has 0 radical (unpaired) electrons. The first-order chi connectivity index (χ1) is 6.72. The molecule has 2 rings (SSSR count). The summed E-state index contributed by atoms with van der Waals surface area (Å²) in [7, 11) is 0. The highest BCUT2D eigenvalue weighted by Gasteiger charge is 2.22. The molecule has 0 amide bonds. The number of nitrogens with zero attached hydrogens (tertiary/aromatic N) is 2. The highest BCUT2D eigenvalue weighted by atomic mass is 35.5. The van der Waals surface area contributed by atoms with Crippen molar-refractivity contribution in [1.29, 1.82) is 0 Å². The van der Waals surface area contributed by atoms with Crippen LogP contribution in [-0.4, -0.2) is 16.1 Å². The van der Waals surface area contributed by atoms with Gasteiger partial charge in [0.05, 0.1) is 5.69 Å². The zero-order chi connectivity index (χ0) is 10.1. The van der Waals surface area contributed by atoms with E-state index in [0.717, 1.165) is 31.8 Å². The van der Waals surface area contributed by atoms with E-state index >= 15 is 0 Å². The first-order valence-corrected chi connectivity index (χ1v) is 5.51. The van der Waals surface area contributed by atoms with Gasteiger partial charge in [-0.05, 0) is 38.6 Å². The van der Waals surface area contributed by atoms with E-state index in [1.807, 2.05) is 6.92 Å². The van der Waals surface area contributed by atoms with Crippen molar-refractivity contribution in [3.63, 3.8) is 0 Å². The molecule has 2 N–H and O–H groups in total. The number of fused-ring (bicyclic) bond motifs is 1. The number of aryl methyl sites for hydroxylation is 1. The Bertz CT molecular complexity index is 332. The van der Waals surface area contributed by atoms with E-state index in [0.29, 0.717) is 11.1 Å². The molecule has 1 aromatic heterocycles. The summed E-state index contributed by atoms with van der Waals surface area (Å²) >= 11 is 6.03. The number of imidazole rings is 1. The van der Waals surface area contributed by atoms with Crippen molar-refractivity contribution >= 4 is 11.6 Å². The monoisotopic (exact) mass is 213 g/mol. The Morgan fingerprint density at radius 1 is 1.64 bits per heavy atom. The normalized spacial score (nSPS) is 20.9. The highest BCUT2D eigenvalue weighted by molar-refractivity contribution is 6.30. The Kier molecular flexibility index (Phi) is 2.79. The maximum Gasteiger partial charge on any atom is 0.150 e. The third-order valence-corrected chi connectivity index (χ3v) is 3.32. The standard InChI is InChI=1S/C10H16ClN3/c1-7-13-10(11)9-3-2-8(4-5-12)6-14(7)9/h8H,2-6,12H2,1H3. The largest absolute Gasteiger partial charge is 0.331 e. The molecule has 1 aliphatic rings. The van der Waals surface area contributed by atoms with Crippen molar-refractivity contribution in [2.75, 3.05) is 6.54 Å². The summed E-state index contributed by atoms with van der Waals surface area (Å²) in [5.41, 5.74) is 6.78. The van der Waals surface area contributed by atoms with E-state index in [9.17, 15) is 0 Å². The Morgan fingerprint density at radius 2 is 2.43 bits per heavy atom. The Labute approximate surface area is 89.3 Å². The van der Waals surface area contributed by atoms with Crippen LogP contribution in [0.25, 0.3) is 0 Å². The summed E-state index contributed by atoms with van der Waals surface area (Å²) in [5, 5.41) is 0.689. The molecule has 1 aliphatic heterocycles. The quantitative estimate of drug-likeness (QED) is 0.814. The zero-order valence-corrected chi connectivity index (χ0v) is 9.22. The van der Waals surface area contributed by atoms with Crippen molar-refractivity contribution in [1.82, 2.24) is 9.55 Å². The lowest BCUT2D eigenvalue weighted by molar-refractivity contribution is 0.349. The Balaban J connectivity index is 2.21. The van der Waals surface area contributed by atoms with Gasteiger partial charge in [-0.15, -0.1) is 0 Å². The highest BCUT2D eigenvalue weighted by Crippen LogP contribution is 2.28. The predicted molar refractivity (Wildman–Crippen MR) is 57.5 cm³/mol.